The van der Waals surface area contributed by atoms with Crippen LogP contribution >= 0.6 is 23.2 Å². The van der Waals surface area contributed by atoms with Gasteiger partial charge in [-0.2, -0.15) is 0 Å². The molecule has 0 radical (unpaired) electrons. The Morgan fingerprint density at radius 1 is 1.17 bits per heavy atom. The largest absolute Gasteiger partial charge is 0.381 e. The van der Waals surface area contributed by atoms with Crippen molar-refractivity contribution in [1.29, 1.82) is 0 Å². The fourth-order valence-electron chi connectivity index (χ4n) is 1.80. The second-order valence-electron chi connectivity index (χ2n) is 3.80. The van der Waals surface area contributed by atoms with Crippen molar-refractivity contribution in [3.8, 4) is 5.69 Å². The molecule has 0 fully saturated rings. The van der Waals surface area contributed by atoms with E-state index in [0.717, 1.165) is 16.6 Å². The lowest BCUT2D eigenvalue weighted by Crippen LogP contribution is -1.98. The lowest BCUT2D eigenvalue weighted by molar-refractivity contribution is 0.892. The first kappa shape index (κ1) is 11.3. The van der Waals surface area contributed by atoms with Gasteiger partial charge in [-0.3, -0.25) is 4.98 Å². The van der Waals surface area contributed by atoms with Crippen LogP contribution in [0.25, 0.3) is 16.6 Å². The molecule has 0 saturated heterocycles. The van der Waals surface area contributed by atoms with Gasteiger partial charge in [-0.15, -0.1) is 5.10 Å². The summed E-state index contributed by atoms with van der Waals surface area (Å²) in [5.74, 6) is 0.301. The normalized spacial score (nSPS) is 11.0. The first-order chi connectivity index (χ1) is 8.65. The van der Waals surface area contributed by atoms with Crippen LogP contribution < -0.4 is 5.73 Å². The van der Waals surface area contributed by atoms with Crippen LogP contribution in [0.15, 0.2) is 36.7 Å². The zero-order chi connectivity index (χ0) is 12.7. The minimum Gasteiger partial charge on any atom is -0.381 e. The highest BCUT2D eigenvalue weighted by molar-refractivity contribution is 6.32. The third-order valence-corrected chi connectivity index (χ3v) is 3.15. The van der Waals surface area contributed by atoms with Gasteiger partial charge in [0.15, 0.2) is 5.82 Å². The maximum absolute atomic E-state index is 5.94. The van der Waals surface area contributed by atoms with Crippen LogP contribution in [0.1, 0.15) is 0 Å². The van der Waals surface area contributed by atoms with Gasteiger partial charge in [0.1, 0.15) is 5.02 Å². The van der Waals surface area contributed by atoms with E-state index in [9.17, 15) is 0 Å². The molecular formula is C12H8Cl2N4. The number of nitrogens with two attached hydrogens (primary N) is 1. The molecule has 0 aliphatic rings. The van der Waals surface area contributed by atoms with E-state index >= 15 is 0 Å². The molecule has 0 unspecified atom stereocenters. The van der Waals surface area contributed by atoms with Crippen molar-refractivity contribution in [2.24, 2.45) is 0 Å². The molecule has 4 nitrogen and oxygen atoms in total. The number of aromatic nitrogens is 3. The average molecular weight is 279 g/mol. The number of hydrogen-bond acceptors (Lipinski definition) is 3. The minimum absolute atomic E-state index is 0.301. The smallest absolute Gasteiger partial charge is 0.164 e. The molecule has 0 atom stereocenters. The zero-order valence-electron chi connectivity index (χ0n) is 9.14. The lowest BCUT2D eigenvalue weighted by atomic mass is 10.2. The van der Waals surface area contributed by atoms with Gasteiger partial charge >= 0.3 is 0 Å². The summed E-state index contributed by atoms with van der Waals surface area (Å²) in [4.78, 5) is 4.27. The third-order valence-electron chi connectivity index (χ3n) is 2.62. The number of fused-ring (bicyclic) bond motifs is 1. The van der Waals surface area contributed by atoms with E-state index in [-0.39, 0.29) is 0 Å². The van der Waals surface area contributed by atoms with Crippen molar-refractivity contribution in [3.63, 3.8) is 0 Å². The van der Waals surface area contributed by atoms with Crippen LogP contribution in [0.2, 0.25) is 10.0 Å². The molecule has 3 aromatic rings. The van der Waals surface area contributed by atoms with Crippen molar-refractivity contribution in [2.45, 2.75) is 0 Å². The molecule has 3 rings (SSSR count). The lowest BCUT2D eigenvalue weighted by Gasteiger charge is -2.05. The molecule has 2 N–H and O–H groups in total. The van der Waals surface area contributed by atoms with Gasteiger partial charge in [-0.1, -0.05) is 23.2 Å². The number of rotatable bonds is 1. The van der Waals surface area contributed by atoms with Crippen LogP contribution in [0, 0.1) is 0 Å². The third kappa shape index (κ3) is 1.79. The summed E-state index contributed by atoms with van der Waals surface area (Å²) >= 11 is 11.9. The van der Waals surface area contributed by atoms with E-state index in [1.165, 1.54) is 0 Å². The molecule has 2 heterocycles. The van der Waals surface area contributed by atoms with Crippen molar-refractivity contribution < 1.29 is 0 Å². The Bertz CT molecular complexity index is 717. The molecule has 18 heavy (non-hydrogen) atoms. The van der Waals surface area contributed by atoms with Crippen molar-refractivity contribution in [3.05, 3.63) is 46.7 Å². The Balaban J connectivity index is 2.29. The number of nitrogens with zero attached hydrogens (tertiary/aromatic N) is 3. The molecule has 1 aromatic carbocycles. The second-order valence-corrected chi connectivity index (χ2v) is 4.64. The SMILES string of the molecule is Nc1nn(-c2ccnc3cc(Cl)ccc23)cc1Cl. The predicted octanol–water partition coefficient (Wildman–Crippen LogP) is 3.31. The molecule has 0 aliphatic carbocycles. The van der Waals surface area contributed by atoms with Crippen LogP contribution in [0.3, 0.4) is 0 Å². The molecule has 0 spiro atoms. The van der Waals surface area contributed by atoms with Crippen molar-refractivity contribution in [1.82, 2.24) is 14.8 Å². The van der Waals surface area contributed by atoms with E-state index in [1.807, 2.05) is 18.2 Å². The second kappa shape index (κ2) is 4.15. The van der Waals surface area contributed by atoms with E-state index < -0.39 is 0 Å². The Morgan fingerprint density at radius 2 is 2.00 bits per heavy atom. The molecule has 90 valence electrons. The van der Waals surface area contributed by atoms with Crippen molar-refractivity contribution >= 4 is 39.9 Å². The molecular weight excluding hydrogens is 271 g/mol. The molecule has 0 aliphatic heterocycles. The van der Waals surface area contributed by atoms with Gasteiger partial charge in [0.25, 0.3) is 0 Å². The Morgan fingerprint density at radius 3 is 2.72 bits per heavy atom. The summed E-state index contributed by atoms with van der Waals surface area (Å²) < 4.78 is 1.63. The van der Waals surface area contributed by atoms with E-state index in [2.05, 4.69) is 10.1 Å². The topological polar surface area (TPSA) is 56.7 Å². The Kier molecular flexibility index (Phi) is 2.61. The van der Waals surface area contributed by atoms with Crippen LogP contribution in [-0.2, 0) is 0 Å². The average Bonchev–Trinajstić information content (AvgIpc) is 2.68. The molecule has 0 bridgehead atoms. The summed E-state index contributed by atoms with van der Waals surface area (Å²) in [6.07, 6.45) is 3.36. The predicted molar refractivity (Wildman–Crippen MR) is 73.3 cm³/mol. The van der Waals surface area contributed by atoms with Gasteiger partial charge in [-0.25, -0.2) is 4.68 Å². The molecule has 0 saturated carbocycles. The van der Waals surface area contributed by atoms with Crippen molar-refractivity contribution in [2.75, 3.05) is 5.73 Å². The number of benzene rings is 1. The van der Waals surface area contributed by atoms with Gasteiger partial charge in [0.05, 0.1) is 17.4 Å². The molecule has 6 heteroatoms. The highest BCUT2D eigenvalue weighted by Gasteiger charge is 2.08. The zero-order valence-corrected chi connectivity index (χ0v) is 10.7. The van der Waals surface area contributed by atoms with Gasteiger partial charge < -0.3 is 5.73 Å². The number of halogens is 2. The Labute approximate surface area is 113 Å². The minimum atomic E-state index is 0.301. The quantitative estimate of drug-likeness (QED) is 0.743. The highest BCUT2D eigenvalue weighted by atomic mass is 35.5. The highest BCUT2D eigenvalue weighted by Crippen LogP contribution is 2.25. The fraction of sp³-hybridized carbons (Fsp3) is 0. The first-order valence-corrected chi connectivity index (χ1v) is 5.96. The summed E-state index contributed by atoms with van der Waals surface area (Å²) in [6, 6.07) is 7.35. The van der Waals surface area contributed by atoms with Gasteiger partial charge in [0, 0.05) is 16.6 Å². The number of hydrogen-bond donors (Lipinski definition) is 1. The van der Waals surface area contributed by atoms with E-state index in [0.29, 0.717) is 15.9 Å². The number of pyridine rings is 1. The van der Waals surface area contributed by atoms with Gasteiger partial charge in [0.2, 0.25) is 0 Å². The summed E-state index contributed by atoms with van der Waals surface area (Å²) in [7, 11) is 0. The monoisotopic (exact) mass is 278 g/mol. The van der Waals surface area contributed by atoms with E-state index in [4.69, 9.17) is 28.9 Å². The van der Waals surface area contributed by atoms with Gasteiger partial charge in [-0.05, 0) is 24.3 Å². The summed E-state index contributed by atoms with van der Waals surface area (Å²) in [6.45, 7) is 0. The van der Waals surface area contributed by atoms with E-state index in [1.54, 1.807) is 23.1 Å². The number of nitrogen functional groups attached to an aromatic ring is 1. The van der Waals surface area contributed by atoms with Crippen LogP contribution in [0.5, 0.6) is 0 Å². The maximum Gasteiger partial charge on any atom is 0.164 e. The molecule has 0 amide bonds. The summed E-state index contributed by atoms with van der Waals surface area (Å²) in [5, 5.41) is 6.15. The standard InChI is InChI=1S/C12H8Cl2N4/c13-7-1-2-8-10(5-7)16-4-3-11(8)18-6-9(14)12(15)17-18/h1-6H,(H2,15,17). The van der Waals surface area contributed by atoms with Crippen LogP contribution in [-0.4, -0.2) is 14.8 Å². The maximum atomic E-state index is 5.94. The van der Waals surface area contributed by atoms with Crippen LogP contribution in [0.4, 0.5) is 5.82 Å². The first-order valence-electron chi connectivity index (χ1n) is 5.20. The Hall–Kier alpha value is -1.78. The fourth-order valence-corrected chi connectivity index (χ4v) is 2.09. The number of anilines is 1. The summed E-state index contributed by atoms with van der Waals surface area (Å²) in [5.41, 5.74) is 7.30. The molecule has 2 aromatic heterocycles.